The highest BCUT2D eigenvalue weighted by Gasteiger charge is 2.20. The number of aromatic nitrogens is 1. The van der Waals surface area contributed by atoms with Crippen molar-refractivity contribution in [1.29, 1.82) is 0 Å². The number of thiazole rings is 1. The number of aliphatic carboxylic acids is 1. The van der Waals surface area contributed by atoms with Crippen molar-refractivity contribution in [2.24, 2.45) is 16.5 Å². The molecule has 0 aliphatic carbocycles. The van der Waals surface area contributed by atoms with Gasteiger partial charge in [0.1, 0.15) is 0 Å². The lowest BCUT2D eigenvalue weighted by atomic mass is 9.92. The fourth-order valence-corrected chi connectivity index (χ4v) is 4.32. The van der Waals surface area contributed by atoms with Crippen molar-refractivity contribution in [3.05, 3.63) is 64.8 Å². The van der Waals surface area contributed by atoms with Gasteiger partial charge in [0, 0.05) is 23.0 Å². The highest BCUT2D eigenvalue weighted by molar-refractivity contribution is 7.18. The first-order valence-electron chi connectivity index (χ1n) is 9.66. The number of carbonyl (C=O) groups excluding carboxylic acids is 1. The van der Waals surface area contributed by atoms with Gasteiger partial charge in [-0.2, -0.15) is 4.99 Å². The summed E-state index contributed by atoms with van der Waals surface area (Å²) in [4.78, 5) is 33.2. The van der Waals surface area contributed by atoms with Crippen LogP contribution in [0.3, 0.4) is 0 Å². The Morgan fingerprint density at radius 2 is 1.91 bits per heavy atom. The lowest BCUT2D eigenvalue weighted by Crippen LogP contribution is -2.21. The second-order valence-electron chi connectivity index (χ2n) is 7.13. The second-order valence-corrected chi connectivity index (χ2v) is 8.54. The van der Waals surface area contributed by atoms with Crippen LogP contribution in [-0.2, 0) is 9.59 Å². The summed E-state index contributed by atoms with van der Waals surface area (Å²) in [7, 11) is 0. The Morgan fingerprint density at radius 1 is 1.19 bits per heavy atom. The van der Waals surface area contributed by atoms with Crippen LogP contribution in [0.15, 0.2) is 53.5 Å². The Bertz CT molecular complexity index is 1160. The van der Waals surface area contributed by atoms with E-state index >= 15 is 0 Å². The van der Waals surface area contributed by atoms with E-state index in [1.807, 2.05) is 25.1 Å². The number of nitrogens with two attached hydrogens (primary N) is 2. The van der Waals surface area contributed by atoms with Crippen molar-refractivity contribution in [3.8, 4) is 10.4 Å². The molecule has 3 aromatic rings. The van der Waals surface area contributed by atoms with E-state index in [9.17, 15) is 14.7 Å². The quantitative estimate of drug-likeness (QED) is 0.285. The number of nitrogens with one attached hydrogen (secondary N) is 1. The van der Waals surface area contributed by atoms with Crippen molar-refractivity contribution in [1.82, 2.24) is 4.98 Å². The summed E-state index contributed by atoms with van der Waals surface area (Å²) in [5.41, 5.74) is 13.8. The molecule has 1 amide bonds. The molecule has 0 saturated heterocycles. The molecule has 0 fully saturated rings. The van der Waals surface area contributed by atoms with Crippen LogP contribution in [0.25, 0.3) is 10.4 Å². The number of halogens is 1. The number of anilines is 1. The Labute approximate surface area is 194 Å². The van der Waals surface area contributed by atoms with Crippen molar-refractivity contribution in [3.63, 3.8) is 0 Å². The normalized spacial score (nSPS) is 11.6. The number of aliphatic imine (C=N–C) groups is 1. The molecule has 6 N–H and O–H groups in total. The zero-order chi connectivity index (χ0) is 23.3. The zero-order valence-corrected chi connectivity index (χ0v) is 18.8. The minimum atomic E-state index is -0.975. The number of nitrogens with zero attached hydrogens (tertiary/aromatic N) is 2. The van der Waals surface area contributed by atoms with Crippen LogP contribution in [0.5, 0.6) is 0 Å². The molecule has 1 aromatic heterocycles. The standard InChI is InChI=1S/C22H22ClN5O3S/c1-12-20(32-22(26-12)28-21(24)25)14-3-2-4-17(9-14)27-18(29)10-15(11-19(30)31)13-5-7-16(23)8-6-13/h2-9,15H,10-11H2,1H3,(H,27,29)(H,30,31)(H4,24,25,26,28). The first-order valence-corrected chi connectivity index (χ1v) is 10.9. The van der Waals surface area contributed by atoms with Gasteiger partial charge < -0.3 is 21.9 Å². The summed E-state index contributed by atoms with van der Waals surface area (Å²) < 4.78 is 0. The number of carboxylic acids is 1. The Morgan fingerprint density at radius 3 is 2.56 bits per heavy atom. The van der Waals surface area contributed by atoms with E-state index in [2.05, 4.69) is 15.3 Å². The third-order valence-corrected chi connectivity index (χ3v) is 5.97. The molecular formula is C22H22ClN5O3S. The van der Waals surface area contributed by atoms with Gasteiger partial charge in [-0.05, 0) is 42.3 Å². The zero-order valence-electron chi connectivity index (χ0n) is 17.2. The fraction of sp³-hybridized carbons (Fsp3) is 0.182. The van der Waals surface area contributed by atoms with Gasteiger partial charge in [-0.3, -0.25) is 9.59 Å². The van der Waals surface area contributed by atoms with Crippen molar-refractivity contribution in [2.75, 3.05) is 5.32 Å². The highest BCUT2D eigenvalue weighted by atomic mass is 35.5. The first-order chi connectivity index (χ1) is 15.2. The van der Waals surface area contributed by atoms with E-state index in [4.69, 9.17) is 23.1 Å². The molecule has 0 bridgehead atoms. The molecular weight excluding hydrogens is 450 g/mol. The maximum atomic E-state index is 12.7. The topological polar surface area (TPSA) is 144 Å². The largest absolute Gasteiger partial charge is 0.481 e. The highest BCUT2D eigenvalue weighted by Crippen LogP contribution is 2.35. The van der Waals surface area contributed by atoms with Gasteiger partial charge in [-0.1, -0.05) is 47.2 Å². The number of aryl methyl sites for hydroxylation is 1. The minimum absolute atomic E-state index is 0.0202. The predicted octanol–water partition coefficient (Wildman–Crippen LogP) is 4.26. The molecule has 0 aliphatic heterocycles. The van der Waals surface area contributed by atoms with E-state index in [1.165, 1.54) is 11.3 Å². The van der Waals surface area contributed by atoms with Crippen molar-refractivity contribution >= 4 is 51.6 Å². The van der Waals surface area contributed by atoms with Crippen LogP contribution in [-0.4, -0.2) is 27.9 Å². The maximum Gasteiger partial charge on any atom is 0.303 e. The molecule has 0 saturated carbocycles. The van der Waals surface area contributed by atoms with E-state index in [-0.39, 0.29) is 24.7 Å². The van der Waals surface area contributed by atoms with E-state index < -0.39 is 11.9 Å². The summed E-state index contributed by atoms with van der Waals surface area (Å²) in [6.07, 6.45) is -0.144. The Balaban J connectivity index is 1.76. The molecule has 1 unspecified atom stereocenters. The minimum Gasteiger partial charge on any atom is -0.481 e. The van der Waals surface area contributed by atoms with Gasteiger partial charge >= 0.3 is 5.97 Å². The average molecular weight is 472 g/mol. The van der Waals surface area contributed by atoms with Gasteiger partial charge in [0.2, 0.25) is 11.0 Å². The third-order valence-electron chi connectivity index (χ3n) is 4.61. The molecule has 32 heavy (non-hydrogen) atoms. The van der Waals surface area contributed by atoms with E-state index in [0.717, 1.165) is 21.7 Å². The maximum absolute atomic E-state index is 12.7. The number of guanidine groups is 1. The molecule has 2 aromatic carbocycles. The number of rotatable bonds is 8. The van der Waals surface area contributed by atoms with Crippen LogP contribution in [0.2, 0.25) is 5.02 Å². The van der Waals surface area contributed by atoms with Gasteiger partial charge in [-0.15, -0.1) is 0 Å². The number of hydrogen-bond donors (Lipinski definition) is 4. The molecule has 1 heterocycles. The number of carbonyl (C=O) groups is 2. The molecule has 166 valence electrons. The molecule has 3 rings (SSSR count). The summed E-state index contributed by atoms with van der Waals surface area (Å²) in [6.45, 7) is 1.85. The second kappa shape index (κ2) is 10.3. The van der Waals surface area contributed by atoms with Gasteiger partial charge in [0.05, 0.1) is 17.0 Å². The fourth-order valence-electron chi connectivity index (χ4n) is 3.24. The molecule has 0 spiro atoms. The lowest BCUT2D eigenvalue weighted by molar-refractivity contribution is -0.137. The Hall–Kier alpha value is -3.43. The lowest BCUT2D eigenvalue weighted by Gasteiger charge is -2.15. The van der Waals surface area contributed by atoms with Crippen LogP contribution in [0, 0.1) is 6.92 Å². The predicted molar refractivity (Wildman–Crippen MR) is 127 cm³/mol. The van der Waals surface area contributed by atoms with Crippen LogP contribution >= 0.6 is 22.9 Å². The smallest absolute Gasteiger partial charge is 0.303 e. The number of amides is 1. The molecule has 1 atom stereocenters. The van der Waals surface area contributed by atoms with Crippen LogP contribution in [0.1, 0.15) is 30.0 Å². The Kier molecular flexibility index (Phi) is 7.45. The summed E-state index contributed by atoms with van der Waals surface area (Å²) in [5, 5.41) is 13.1. The first kappa shape index (κ1) is 23.2. The molecule has 10 heteroatoms. The van der Waals surface area contributed by atoms with E-state index in [1.54, 1.807) is 30.3 Å². The average Bonchev–Trinajstić information content (AvgIpc) is 3.07. The molecule has 8 nitrogen and oxygen atoms in total. The molecule has 0 radical (unpaired) electrons. The van der Waals surface area contributed by atoms with Gasteiger partial charge in [0.25, 0.3) is 0 Å². The van der Waals surface area contributed by atoms with Gasteiger partial charge in [0.15, 0.2) is 5.96 Å². The number of carboxylic acid groups (broad SMARTS) is 1. The third kappa shape index (κ3) is 6.29. The van der Waals surface area contributed by atoms with E-state index in [0.29, 0.717) is 15.8 Å². The summed E-state index contributed by atoms with van der Waals surface area (Å²) in [5.74, 6) is -1.80. The van der Waals surface area contributed by atoms with Crippen LogP contribution < -0.4 is 16.8 Å². The number of benzene rings is 2. The molecule has 0 aliphatic rings. The van der Waals surface area contributed by atoms with Gasteiger partial charge in [-0.25, -0.2) is 4.98 Å². The monoisotopic (exact) mass is 471 g/mol. The van der Waals surface area contributed by atoms with Crippen molar-refractivity contribution < 1.29 is 14.7 Å². The SMILES string of the molecule is Cc1nc(N=C(N)N)sc1-c1cccc(NC(=O)CC(CC(=O)O)c2ccc(Cl)cc2)c1. The summed E-state index contributed by atoms with van der Waals surface area (Å²) >= 11 is 7.26. The number of hydrogen-bond acceptors (Lipinski definition) is 5. The van der Waals surface area contributed by atoms with Crippen LogP contribution in [0.4, 0.5) is 10.8 Å². The summed E-state index contributed by atoms with van der Waals surface area (Å²) in [6, 6.07) is 14.2. The van der Waals surface area contributed by atoms with Crippen molar-refractivity contribution in [2.45, 2.75) is 25.7 Å².